The molecule has 0 bridgehead atoms. The summed E-state index contributed by atoms with van der Waals surface area (Å²) in [5.41, 5.74) is 0.862. The highest BCUT2D eigenvalue weighted by molar-refractivity contribution is 5.68. The van der Waals surface area contributed by atoms with E-state index in [1.165, 1.54) is 6.42 Å². The van der Waals surface area contributed by atoms with E-state index < -0.39 is 23.8 Å². The van der Waals surface area contributed by atoms with Crippen LogP contribution in [0.2, 0.25) is 0 Å². The standard InChI is InChI=1S/C22H36N2O3/c1-21(2,3)27-20(26)24-18(13-16-9-7-6-8-10-16)19(25)15-23-17-11-12-22(4,5)14-17/h6-10,17-19,23,25H,11-15H2,1-5H3,(H,24,26)/t17?,18-,19+/m0/s1. The maximum absolute atomic E-state index is 12.2. The Morgan fingerprint density at radius 1 is 1.30 bits per heavy atom. The van der Waals surface area contributed by atoms with Gasteiger partial charge in [-0.1, -0.05) is 44.2 Å². The molecule has 0 saturated heterocycles. The van der Waals surface area contributed by atoms with Crippen molar-refractivity contribution in [3.63, 3.8) is 0 Å². The van der Waals surface area contributed by atoms with E-state index in [2.05, 4.69) is 24.5 Å². The van der Waals surface area contributed by atoms with Crippen LogP contribution >= 0.6 is 0 Å². The molecule has 5 heteroatoms. The van der Waals surface area contributed by atoms with Gasteiger partial charge in [-0.25, -0.2) is 4.79 Å². The van der Waals surface area contributed by atoms with Crippen LogP contribution in [0.1, 0.15) is 59.4 Å². The summed E-state index contributed by atoms with van der Waals surface area (Å²) in [6.45, 7) is 10.5. The molecule has 0 aliphatic heterocycles. The monoisotopic (exact) mass is 376 g/mol. The molecule has 3 atom stereocenters. The normalized spacial score (nSPS) is 21.5. The van der Waals surface area contributed by atoms with Crippen LogP contribution in [0, 0.1) is 5.41 Å². The van der Waals surface area contributed by atoms with Gasteiger partial charge in [0.2, 0.25) is 0 Å². The van der Waals surface area contributed by atoms with E-state index in [1.807, 2.05) is 51.1 Å². The number of benzene rings is 1. The molecular weight excluding hydrogens is 340 g/mol. The summed E-state index contributed by atoms with van der Waals surface area (Å²) in [6.07, 6.45) is 2.81. The van der Waals surface area contributed by atoms with Crippen molar-refractivity contribution >= 4 is 6.09 Å². The Hall–Kier alpha value is -1.59. The molecular formula is C22H36N2O3. The van der Waals surface area contributed by atoms with E-state index in [0.717, 1.165) is 18.4 Å². The number of ether oxygens (including phenoxy) is 1. The number of carbonyl (C=O) groups is 1. The van der Waals surface area contributed by atoms with Crippen LogP contribution in [0.5, 0.6) is 0 Å². The zero-order chi connectivity index (χ0) is 20.1. The maximum Gasteiger partial charge on any atom is 0.407 e. The Kier molecular flexibility index (Phi) is 7.29. The van der Waals surface area contributed by atoms with Crippen LogP contribution < -0.4 is 10.6 Å². The van der Waals surface area contributed by atoms with E-state index in [1.54, 1.807) is 0 Å². The lowest BCUT2D eigenvalue weighted by molar-refractivity contribution is 0.0420. The fraction of sp³-hybridized carbons (Fsp3) is 0.682. The minimum absolute atomic E-state index is 0.362. The number of aliphatic hydroxyl groups excluding tert-OH is 1. The SMILES string of the molecule is CC1(C)CCC(NC[C@@H](O)[C@H](Cc2ccccc2)NC(=O)OC(C)(C)C)C1. The summed E-state index contributed by atoms with van der Waals surface area (Å²) in [5, 5.41) is 17.1. The number of rotatable bonds is 7. The second-order valence-corrected chi connectivity index (χ2v) is 9.52. The highest BCUT2D eigenvalue weighted by atomic mass is 16.6. The van der Waals surface area contributed by atoms with Gasteiger partial charge in [-0.2, -0.15) is 0 Å². The van der Waals surface area contributed by atoms with Crippen LogP contribution in [0.4, 0.5) is 4.79 Å². The first-order chi connectivity index (χ1) is 12.5. The summed E-state index contributed by atoms with van der Waals surface area (Å²) in [4.78, 5) is 12.2. The molecule has 1 aliphatic rings. The van der Waals surface area contributed by atoms with Gasteiger partial charge in [0.25, 0.3) is 0 Å². The molecule has 1 aromatic rings. The zero-order valence-corrected chi connectivity index (χ0v) is 17.4. The first-order valence-electron chi connectivity index (χ1n) is 9.99. The average molecular weight is 377 g/mol. The highest BCUT2D eigenvalue weighted by Crippen LogP contribution is 2.36. The summed E-state index contributed by atoms with van der Waals surface area (Å²) < 4.78 is 5.38. The molecule has 0 spiro atoms. The van der Waals surface area contributed by atoms with Crippen LogP contribution in [0.25, 0.3) is 0 Å². The van der Waals surface area contributed by atoms with Gasteiger partial charge in [-0.15, -0.1) is 0 Å². The Labute approximate surface area is 163 Å². The largest absolute Gasteiger partial charge is 0.444 e. The molecule has 1 aliphatic carbocycles. The molecule has 1 fully saturated rings. The smallest absolute Gasteiger partial charge is 0.407 e. The van der Waals surface area contributed by atoms with Crippen LogP contribution in [0.3, 0.4) is 0 Å². The fourth-order valence-electron chi connectivity index (χ4n) is 3.65. The number of hydrogen-bond donors (Lipinski definition) is 3. The molecule has 1 saturated carbocycles. The lowest BCUT2D eigenvalue weighted by atomic mass is 9.92. The van der Waals surface area contributed by atoms with Crippen molar-refractivity contribution in [2.24, 2.45) is 5.41 Å². The van der Waals surface area contributed by atoms with E-state index in [4.69, 9.17) is 4.74 Å². The van der Waals surface area contributed by atoms with Crippen LogP contribution in [0.15, 0.2) is 30.3 Å². The lowest BCUT2D eigenvalue weighted by Crippen LogP contribution is -2.51. The number of aliphatic hydroxyl groups is 1. The predicted octanol–water partition coefficient (Wildman–Crippen LogP) is 3.65. The van der Waals surface area contributed by atoms with E-state index in [-0.39, 0.29) is 0 Å². The van der Waals surface area contributed by atoms with Gasteiger partial charge in [-0.3, -0.25) is 0 Å². The van der Waals surface area contributed by atoms with Gasteiger partial charge < -0.3 is 20.5 Å². The fourth-order valence-corrected chi connectivity index (χ4v) is 3.65. The van der Waals surface area contributed by atoms with E-state index in [9.17, 15) is 9.90 Å². The van der Waals surface area contributed by atoms with Gasteiger partial charge in [0.1, 0.15) is 5.60 Å². The van der Waals surface area contributed by atoms with Crippen molar-refractivity contribution in [2.45, 2.75) is 84.1 Å². The second kappa shape index (κ2) is 9.07. The first kappa shape index (κ1) is 21.7. The number of nitrogens with one attached hydrogen (secondary N) is 2. The van der Waals surface area contributed by atoms with Crippen molar-refractivity contribution in [1.29, 1.82) is 0 Å². The molecule has 1 amide bonds. The van der Waals surface area contributed by atoms with E-state index >= 15 is 0 Å². The van der Waals surface area contributed by atoms with Gasteiger partial charge in [0.15, 0.2) is 0 Å². The summed E-state index contributed by atoms with van der Waals surface area (Å²) in [6, 6.07) is 9.90. The number of hydrogen-bond acceptors (Lipinski definition) is 4. The third-order valence-electron chi connectivity index (χ3n) is 5.05. The highest BCUT2D eigenvalue weighted by Gasteiger charge is 2.32. The molecule has 5 nitrogen and oxygen atoms in total. The van der Waals surface area contributed by atoms with Crippen LogP contribution in [-0.2, 0) is 11.2 Å². The summed E-state index contributed by atoms with van der Waals surface area (Å²) in [5.74, 6) is 0. The molecule has 3 N–H and O–H groups in total. The molecule has 27 heavy (non-hydrogen) atoms. The second-order valence-electron chi connectivity index (χ2n) is 9.52. The molecule has 0 radical (unpaired) electrons. The molecule has 1 aromatic carbocycles. The maximum atomic E-state index is 12.2. The van der Waals surface area contributed by atoms with Crippen molar-refractivity contribution in [3.05, 3.63) is 35.9 Å². The molecule has 152 valence electrons. The third kappa shape index (κ3) is 7.89. The lowest BCUT2D eigenvalue weighted by Gasteiger charge is -2.28. The Morgan fingerprint density at radius 3 is 2.52 bits per heavy atom. The number of carbonyl (C=O) groups excluding carboxylic acids is 1. The summed E-state index contributed by atoms with van der Waals surface area (Å²) in [7, 11) is 0. The van der Waals surface area contributed by atoms with Gasteiger partial charge in [0.05, 0.1) is 12.1 Å². The number of amides is 1. The van der Waals surface area contributed by atoms with Gasteiger partial charge in [-0.05, 0) is 57.4 Å². The Bertz CT molecular complexity index is 595. The molecule has 0 heterocycles. The predicted molar refractivity (Wildman–Crippen MR) is 109 cm³/mol. The quantitative estimate of drug-likeness (QED) is 0.679. The van der Waals surface area contributed by atoms with Crippen molar-refractivity contribution in [1.82, 2.24) is 10.6 Å². The zero-order valence-electron chi connectivity index (χ0n) is 17.4. The third-order valence-corrected chi connectivity index (χ3v) is 5.05. The minimum atomic E-state index is -0.693. The molecule has 2 rings (SSSR count). The van der Waals surface area contributed by atoms with Gasteiger partial charge in [0, 0.05) is 12.6 Å². The minimum Gasteiger partial charge on any atom is -0.444 e. The van der Waals surface area contributed by atoms with Gasteiger partial charge >= 0.3 is 6.09 Å². The van der Waals surface area contributed by atoms with Crippen LogP contribution in [-0.4, -0.2) is 41.5 Å². The topological polar surface area (TPSA) is 70.6 Å². The average Bonchev–Trinajstić information content (AvgIpc) is 2.90. The molecule has 0 aromatic heterocycles. The number of alkyl carbamates (subject to hydrolysis) is 1. The van der Waals surface area contributed by atoms with Crippen molar-refractivity contribution < 1.29 is 14.6 Å². The van der Waals surface area contributed by atoms with Crippen molar-refractivity contribution in [2.75, 3.05) is 6.54 Å². The molecule has 1 unspecified atom stereocenters. The first-order valence-corrected chi connectivity index (χ1v) is 9.99. The Morgan fingerprint density at radius 2 is 1.96 bits per heavy atom. The van der Waals surface area contributed by atoms with Crippen molar-refractivity contribution in [3.8, 4) is 0 Å². The Balaban J connectivity index is 1.96. The summed E-state index contributed by atoms with van der Waals surface area (Å²) >= 11 is 0. The van der Waals surface area contributed by atoms with E-state index in [0.29, 0.717) is 24.4 Å².